The quantitative estimate of drug-likeness (QED) is 0.763. The first kappa shape index (κ1) is 12.9. The molecule has 0 fully saturated rings. The SMILES string of the molecule is CSCC[C@H](N)C(=O)Nc1ccc(F)nc1. The molecule has 1 aromatic rings. The molecule has 0 bridgehead atoms. The summed E-state index contributed by atoms with van der Waals surface area (Å²) in [5.74, 6) is -0.0249. The average molecular weight is 243 g/mol. The molecule has 0 aromatic carbocycles. The van der Waals surface area contributed by atoms with E-state index in [1.165, 1.54) is 18.3 Å². The molecular weight excluding hydrogens is 229 g/mol. The monoisotopic (exact) mass is 243 g/mol. The van der Waals surface area contributed by atoms with Crippen LogP contribution in [0, 0.1) is 5.95 Å². The summed E-state index contributed by atoms with van der Waals surface area (Å²) in [7, 11) is 0. The molecule has 0 aliphatic carbocycles. The van der Waals surface area contributed by atoms with Gasteiger partial charge in [0.2, 0.25) is 11.9 Å². The molecule has 0 aliphatic heterocycles. The van der Waals surface area contributed by atoms with E-state index in [4.69, 9.17) is 5.73 Å². The van der Waals surface area contributed by atoms with Gasteiger partial charge in [-0.15, -0.1) is 0 Å². The van der Waals surface area contributed by atoms with E-state index in [-0.39, 0.29) is 5.91 Å². The second-order valence-corrected chi connectivity index (χ2v) is 4.23. The van der Waals surface area contributed by atoms with Crippen LogP contribution in [0.4, 0.5) is 10.1 Å². The molecule has 1 aromatic heterocycles. The molecule has 6 heteroatoms. The fourth-order valence-corrected chi connectivity index (χ4v) is 1.55. The molecule has 1 rings (SSSR count). The number of carbonyl (C=O) groups excluding carboxylic acids is 1. The van der Waals surface area contributed by atoms with Gasteiger partial charge in [0.05, 0.1) is 17.9 Å². The van der Waals surface area contributed by atoms with Crippen LogP contribution in [0.25, 0.3) is 0 Å². The van der Waals surface area contributed by atoms with Crippen molar-refractivity contribution >= 4 is 23.4 Å². The average Bonchev–Trinajstić information content (AvgIpc) is 2.29. The van der Waals surface area contributed by atoms with Gasteiger partial charge in [0.1, 0.15) is 0 Å². The van der Waals surface area contributed by atoms with E-state index < -0.39 is 12.0 Å². The van der Waals surface area contributed by atoms with Crippen LogP contribution in [-0.2, 0) is 4.79 Å². The van der Waals surface area contributed by atoms with Crippen molar-refractivity contribution in [3.8, 4) is 0 Å². The van der Waals surface area contributed by atoms with Crippen molar-refractivity contribution in [1.82, 2.24) is 4.98 Å². The Kier molecular flexibility index (Phi) is 5.21. The lowest BCUT2D eigenvalue weighted by Crippen LogP contribution is -2.36. The van der Waals surface area contributed by atoms with Crippen LogP contribution in [0.3, 0.4) is 0 Å². The maximum atomic E-state index is 12.5. The van der Waals surface area contributed by atoms with Gasteiger partial charge in [-0.05, 0) is 30.6 Å². The fourth-order valence-electron chi connectivity index (χ4n) is 1.06. The first-order chi connectivity index (χ1) is 7.63. The number of hydrogen-bond acceptors (Lipinski definition) is 4. The molecule has 4 nitrogen and oxygen atoms in total. The van der Waals surface area contributed by atoms with Crippen LogP contribution < -0.4 is 11.1 Å². The van der Waals surface area contributed by atoms with Gasteiger partial charge in [0.25, 0.3) is 0 Å². The molecule has 1 atom stereocenters. The highest BCUT2D eigenvalue weighted by Gasteiger charge is 2.12. The van der Waals surface area contributed by atoms with Gasteiger partial charge >= 0.3 is 0 Å². The lowest BCUT2D eigenvalue weighted by atomic mass is 10.2. The summed E-state index contributed by atoms with van der Waals surface area (Å²) in [6, 6.07) is 2.09. The third-order valence-electron chi connectivity index (χ3n) is 1.96. The van der Waals surface area contributed by atoms with Crippen molar-refractivity contribution in [2.75, 3.05) is 17.3 Å². The van der Waals surface area contributed by atoms with Gasteiger partial charge in [-0.2, -0.15) is 16.2 Å². The number of pyridine rings is 1. The fraction of sp³-hybridized carbons (Fsp3) is 0.400. The van der Waals surface area contributed by atoms with Crippen molar-refractivity contribution in [2.45, 2.75) is 12.5 Å². The first-order valence-corrected chi connectivity index (χ1v) is 6.20. The Morgan fingerprint density at radius 2 is 2.44 bits per heavy atom. The van der Waals surface area contributed by atoms with Crippen molar-refractivity contribution in [3.05, 3.63) is 24.3 Å². The molecule has 1 amide bonds. The molecule has 0 radical (unpaired) electrons. The van der Waals surface area contributed by atoms with Crippen molar-refractivity contribution in [1.29, 1.82) is 0 Å². The summed E-state index contributed by atoms with van der Waals surface area (Å²) < 4.78 is 12.5. The number of halogens is 1. The number of thioether (sulfide) groups is 1. The highest BCUT2D eigenvalue weighted by Crippen LogP contribution is 2.07. The summed E-state index contributed by atoms with van der Waals surface area (Å²) in [4.78, 5) is 15.0. The van der Waals surface area contributed by atoms with Crippen molar-refractivity contribution in [3.63, 3.8) is 0 Å². The van der Waals surface area contributed by atoms with E-state index >= 15 is 0 Å². The maximum Gasteiger partial charge on any atom is 0.241 e. The number of nitrogens with one attached hydrogen (secondary N) is 1. The Hall–Kier alpha value is -1.14. The lowest BCUT2D eigenvalue weighted by molar-refractivity contribution is -0.117. The van der Waals surface area contributed by atoms with Crippen LogP contribution in [0.2, 0.25) is 0 Å². The standard InChI is InChI=1S/C10H14FN3OS/c1-16-5-4-8(12)10(15)14-7-2-3-9(11)13-6-7/h2-3,6,8H,4-5,12H2,1H3,(H,14,15)/t8-/m0/s1. The number of amides is 1. The number of rotatable bonds is 5. The number of aromatic nitrogens is 1. The van der Waals surface area contributed by atoms with Crippen molar-refractivity contribution < 1.29 is 9.18 Å². The molecular formula is C10H14FN3OS. The summed E-state index contributed by atoms with van der Waals surface area (Å²) >= 11 is 1.63. The Balaban J connectivity index is 2.47. The van der Waals surface area contributed by atoms with Crippen LogP contribution in [-0.4, -0.2) is 28.9 Å². The molecule has 3 N–H and O–H groups in total. The topological polar surface area (TPSA) is 68.0 Å². The Morgan fingerprint density at radius 1 is 1.69 bits per heavy atom. The molecule has 0 spiro atoms. The molecule has 0 aliphatic rings. The zero-order valence-electron chi connectivity index (χ0n) is 8.94. The van der Waals surface area contributed by atoms with Crippen LogP contribution in [0.1, 0.15) is 6.42 Å². The maximum absolute atomic E-state index is 12.5. The Bertz CT molecular complexity index is 344. The van der Waals surface area contributed by atoms with Crippen molar-refractivity contribution in [2.24, 2.45) is 5.73 Å². The van der Waals surface area contributed by atoms with E-state index in [1.54, 1.807) is 11.8 Å². The lowest BCUT2D eigenvalue weighted by Gasteiger charge is -2.11. The van der Waals surface area contributed by atoms with E-state index in [0.29, 0.717) is 12.1 Å². The molecule has 0 saturated carbocycles. The normalized spacial score (nSPS) is 12.2. The predicted molar refractivity (Wildman–Crippen MR) is 63.8 cm³/mol. The third kappa shape index (κ3) is 4.16. The van der Waals surface area contributed by atoms with E-state index in [2.05, 4.69) is 10.3 Å². The Morgan fingerprint density at radius 3 is 3.00 bits per heavy atom. The van der Waals surface area contributed by atoms with Gasteiger partial charge in [0.15, 0.2) is 0 Å². The van der Waals surface area contributed by atoms with Crippen LogP contribution >= 0.6 is 11.8 Å². The summed E-state index contributed by atoms with van der Waals surface area (Å²) in [6.07, 6.45) is 3.82. The van der Waals surface area contributed by atoms with Gasteiger partial charge in [-0.3, -0.25) is 4.79 Å². The zero-order chi connectivity index (χ0) is 12.0. The highest BCUT2D eigenvalue weighted by atomic mass is 32.2. The van der Waals surface area contributed by atoms with Gasteiger partial charge in [-0.25, -0.2) is 4.98 Å². The Labute approximate surface area is 97.8 Å². The second-order valence-electron chi connectivity index (χ2n) is 3.25. The smallest absolute Gasteiger partial charge is 0.241 e. The number of hydrogen-bond donors (Lipinski definition) is 2. The number of anilines is 1. The zero-order valence-corrected chi connectivity index (χ0v) is 9.76. The van der Waals surface area contributed by atoms with Crippen LogP contribution in [0.5, 0.6) is 0 Å². The van der Waals surface area contributed by atoms with E-state index in [1.807, 2.05) is 6.26 Å². The third-order valence-corrected chi connectivity index (χ3v) is 2.61. The largest absolute Gasteiger partial charge is 0.323 e. The molecule has 1 heterocycles. The summed E-state index contributed by atoms with van der Waals surface area (Å²) in [5, 5.41) is 2.58. The van der Waals surface area contributed by atoms with Gasteiger partial charge in [-0.1, -0.05) is 0 Å². The minimum absolute atomic E-state index is 0.276. The predicted octanol–water partition coefficient (Wildman–Crippen LogP) is 1.24. The van der Waals surface area contributed by atoms with E-state index in [9.17, 15) is 9.18 Å². The minimum atomic E-state index is -0.579. The second kappa shape index (κ2) is 6.44. The number of carbonyl (C=O) groups is 1. The molecule has 0 unspecified atom stereocenters. The molecule has 88 valence electrons. The number of nitrogens with two attached hydrogens (primary N) is 1. The molecule has 0 saturated heterocycles. The van der Waals surface area contributed by atoms with Gasteiger partial charge < -0.3 is 11.1 Å². The highest BCUT2D eigenvalue weighted by molar-refractivity contribution is 7.98. The first-order valence-electron chi connectivity index (χ1n) is 4.80. The molecule has 16 heavy (non-hydrogen) atoms. The minimum Gasteiger partial charge on any atom is -0.323 e. The van der Waals surface area contributed by atoms with E-state index in [0.717, 1.165) is 5.75 Å². The number of nitrogens with zero attached hydrogens (tertiary/aromatic N) is 1. The van der Waals surface area contributed by atoms with Gasteiger partial charge in [0, 0.05) is 0 Å². The summed E-state index contributed by atoms with van der Waals surface area (Å²) in [5.41, 5.74) is 6.11. The van der Waals surface area contributed by atoms with Crippen LogP contribution in [0.15, 0.2) is 18.3 Å². The summed E-state index contributed by atoms with van der Waals surface area (Å²) in [6.45, 7) is 0.